The number of nitrogens with zero attached hydrogens (tertiary/aromatic N) is 1. The molecule has 13 heavy (non-hydrogen) atoms. The van der Waals surface area contributed by atoms with Crippen LogP contribution in [-0.4, -0.2) is 12.1 Å². The molecule has 0 unspecified atom stereocenters. The second-order valence-corrected chi connectivity index (χ2v) is 3.89. The minimum Gasteiger partial charge on any atom is -0.496 e. The molecule has 2 rings (SSSR count). The molecule has 0 bridgehead atoms. The van der Waals surface area contributed by atoms with Crippen molar-refractivity contribution < 1.29 is 4.74 Å². The Kier molecular flexibility index (Phi) is 1.96. The molecule has 3 heteroatoms. The van der Waals surface area contributed by atoms with E-state index in [-0.39, 0.29) is 0 Å². The largest absolute Gasteiger partial charge is 0.496 e. The highest BCUT2D eigenvalue weighted by molar-refractivity contribution is 7.13. The van der Waals surface area contributed by atoms with Crippen molar-refractivity contribution in [2.24, 2.45) is 0 Å². The van der Waals surface area contributed by atoms with E-state index in [4.69, 9.17) is 4.74 Å². The van der Waals surface area contributed by atoms with Crippen LogP contribution in [0.15, 0.2) is 11.4 Å². The lowest BCUT2D eigenvalue weighted by Crippen LogP contribution is -1.86. The van der Waals surface area contributed by atoms with Gasteiger partial charge in [-0.1, -0.05) is 0 Å². The van der Waals surface area contributed by atoms with Gasteiger partial charge in [0, 0.05) is 0 Å². The van der Waals surface area contributed by atoms with Crippen LogP contribution in [0.5, 0.6) is 5.75 Å². The minimum atomic E-state index is 0.923. The fourth-order valence-corrected chi connectivity index (χ4v) is 2.47. The van der Waals surface area contributed by atoms with Crippen LogP contribution in [-0.2, 0) is 0 Å². The van der Waals surface area contributed by atoms with E-state index in [1.165, 1.54) is 4.88 Å². The van der Waals surface area contributed by atoms with Gasteiger partial charge in [0.25, 0.3) is 0 Å². The number of hydrogen-bond donors (Lipinski definition) is 0. The van der Waals surface area contributed by atoms with Crippen LogP contribution in [0.1, 0.15) is 11.4 Å². The molecular formula is C10H11NOS. The summed E-state index contributed by atoms with van der Waals surface area (Å²) in [6.45, 7) is 4.05. The maximum Gasteiger partial charge on any atom is 0.130 e. The molecule has 0 saturated carbocycles. The number of rotatable bonds is 1. The summed E-state index contributed by atoms with van der Waals surface area (Å²) in [6, 6.07) is 1.99. The first-order chi connectivity index (χ1) is 6.24. The first-order valence-corrected chi connectivity index (χ1v) is 5.00. The highest BCUT2D eigenvalue weighted by Gasteiger charge is 2.17. The summed E-state index contributed by atoms with van der Waals surface area (Å²) in [5.74, 6) is 0.923. The van der Waals surface area contributed by atoms with Crippen molar-refractivity contribution in [2.75, 3.05) is 7.11 Å². The van der Waals surface area contributed by atoms with Gasteiger partial charge in [-0.3, -0.25) is 4.98 Å². The van der Waals surface area contributed by atoms with Crippen molar-refractivity contribution in [2.45, 2.75) is 13.8 Å². The van der Waals surface area contributed by atoms with E-state index in [1.807, 2.05) is 25.3 Å². The third-order valence-electron chi connectivity index (χ3n) is 2.12. The molecular weight excluding hydrogens is 182 g/mol. The number of aryl methyl sites for hydroxylation is 2. The van der Waals surface area contributed by atoms with E-state index in [0.717, 1.165) is 22.7 Å². The van der Waals surface area contributed by atoms with Crippen molar-refractivity contribution in [1.29, 1.82) is 0 Å². The zero-order chi connectivity index (χ0) is 9.42. The Morgan fingerprint density at radius 3 is 2.77 bits per heavy atom. The molecule has 2 nitrogen and oxygen atoms in total. The first-order valence-electron chi connectivity index (χ1n) is 4.12. The molecule has 0 aromatic rings. The van der Waals surface area contributed by atoms with Gasteiger partial charge in [0.15, 0.2) is 0 Å². The third kappa shape index (κ3) is 1.20. The van der Waals surface area contributed by atoms with Crippen molar-refractivity contribution in [3.8, 4) is 16.2 Å². The second kappa shape index (κ2) is 3.00. The SMILES string of the molecule is COc1ccsc2c(C)nc(C)c1-2. The predicted molar refractivity (Wildman–Crippen MR) is 54.8 cm³/mol. The molecule has 0 aromatic heterocycles. The minimum absolute atomic E-state index is 0.923. The molecule has 0 N–H and O–H groups in total. The van der Waals surface area contributed by atoms with Gasteiger partial charge in [-0.2, -0.15) is 0 Å². The molecule has 0 aromatic carbocycles. The molecule has 0 fully saturated rings. The monoisotopic (exact) mass is 193 g/mol. The van der Waals surface area contributed by atoms with E-state index in [9.17, 15) is 0 Å². The summed E-state index contributed by atoms with van der Waals surface area (Å²) in [6.07, 6.45) is 0. The van der Waals surface area contributed by atoms with Crippen LogP contribution in [0, 0.1) is 13.8 Å². The average Bonchev–Trinajstić information content (AvgIpc) is 2.43. The topological polar surface area (TPSA) is 22.1 Å². The number of aromatic nitrogens is 1. The second-order valence-electron chi connectivity index (χ2n) is 2.98. The third-order valence-corrected chi connectivity index (χ3v) is 3.13. The van der Waals surface area contributed by atoms with Crippen LogP contribution in [0.2, 0.25) is 0 Å². The van der Waals surface area contributed by atoms with Gasteiger partial charge >= 0.3 is 0 Å². The molecule has 2 heterocycles. The molecule has 0 spiro atoms. The molecule has 2 aliphatic heterocycles. The zero-order valence-corrected chi connectivity index (χ0v) is 8.73. The summed E-state index contributed by atoms with van der Waals surface area (Å²) >= 11 is 1.71. The van der Waals surface area contributed by atoms with Gasteiger partial charge < -0.3 is 4.74 Å². The Balaban J connectivity index is 2.76. The van der Waals surface area contributed by atoms with Crippen LogP contribution < -0.4 is 4.74 Å². The molecule has 0 saturated heterocycles. The lowest BCUT2D eigenvalue weighted by atomic mass is 10.2. The van der Waals surface area contributed by atoms with E-state index >= 15 is 0 Å². The Morgan fingerprint density at radius 1 is 1.31 bits per heavy atom. The van der Waals surface area contributed by atoms with Crippen LogP contribution >= 0.6 is 11.3 Å². The smallest absolute Gasteiger partial charge is 0.130 e. The quantitative estimate of drug-likeness (QED) is 0.694. The van der Waals surface area contributed by atoms with E-state index in [0.29, 0.717) is 0 Å². The maximum atomic E-state index is 5.29. The normalized spacial score (nSPS) is 10.7. The molecule has 0 amide bonds. The summed E-state index contributed by atoms with van der Waals surface area (Å²) in [5, 5.41) is 2.04. The van der Waals surface area contributed by atoms with Gasteiger partial charge in [0.2, 0.25) is 0 Å². The Bertz CT molecular complexity index is 408. The summed E-state index contributed by atoms with van der Waals surface area (Å²) in [4.78, 5) is 5.66. The van der Waals surface area contributed by atoms with Crippen molar-refractivity contribution in [3.05, 3.63) is 22.8 Å². The van der Waals surface area contributed by atoms with E-state index in [1.54, 1.807) is 18.4 Å². The molecule has 0 radical (unpaired) electrons. The Hall–Kier alpha value is -1.09. The molecule has 0 atom stereocenters. The van der Waals surface area contributed by atoms with Gasteiger partial charge in [0.05, 0.1) is 28.9 Å². The standard InChI is InChI=1S/C10H11NOS/c1-6-9-8(12-3)4-5-13-10(9)7(2)11-6/h4-5H,1-3H3. The molecule has 2 aliphatic rings. The molecule has 68 valence electrons. The zero-order valence-electron chi connectivity index (χ0n) is 7.92. The lowest BCUT2D eigenvalue weighted by Gasteiger charge is -2.05. The van der Waals surface area contributed by atoms with Crippen molar-refractivity contribution >= 4 is 11.3 Å². The number of hydrogen-bond acceptors (Lipinski definition) is 3. The molecule has 0 aliphatic carbocycles. The average molecular weight is 193 g/mol. The fraction of sp³-hybridized carbons (Fsp3) is 0.300. The van der Waals surface area contributed by atoms with Crippen LogP contribution in [0.25, 0.3) is 10.4 Å². The highest BCUT2D eigenvalue weighted by Crippen LogP contribution is 2.39. The number of ether oxygens (including phenoxy) is 1. The summed E-state index contributed by atoms with van der Waals surface area (Å²) in [7, 11) is 1.70. The number of methoxy groups -OCH3 is 1. The van der Waals surface area contributed by atoms with Gasteiger partial charge in [-0.05, 0) is 25.3 Å². The summed E-state index contributed by atoms with van der Waals surface area (Å²) in [5.41, 5.74) is 3.31. The predicted octanol–water partition coefficient (Wildman–Crippen LogP) is 2.87. The Morgan fingerprint density at radius 2 is 2.08 bits per heavy atom. The van der Waals surface area contributed by atoms with Gasteiger partial charge in [-0.15, -0.1) is 11.3 Å². The van der Waals surface area contributed by atoms with Crippen molar-refractivity contribution in [1.82, 2.24) is 4.98 Å². The lowest BCUT2D eigenvalue weighted by molar-refractivity contribution is 0.416. The van der Waals surface area contributed by atoms with Crippen molar-refractivity contribution in [3.63, 3.8) is 0 Å². The van der Waals surface area contributed by atoms with Crippen LogP contribution in [0.4, 0.5) is 0 Å². The Labute approximate surface area is 81.5 Å². The first kappa shape index (κ1) is 8.51. The van der Waals surface area contributed by atoms with Crippen LogP contribution in [0.3, 0.4) is 0 Å². The number of fused-ring (bicyclic) bond motifs is 1. The summed E-state index contributed by atoms with van der Waals surface area (Å²) < 4.78 is 5.29. The maximum absolute atomic E-state index is 5.29. The van der Waals surface area contributed by atoms with Gasteiger partial charge in [0.1, 0.15) is 5.75 Å². The fourth-order valence-electron chi connectivity index (χ4n) is 1.56. The van der Waals surface area contributed by atoms with E-state index < -0.39 is 0 Å². The van der Waals surface area contributed by atoms with Gasteiger partial charge in [-0.25, -0.2) is 0 Å². The van der Waals surface area contributed by atoms with E-state index in [2.05, 4.69) is 4.98 Å². The highest BCUT2D eigenvalue weighted by atomic mass is 32.1.